The number of benzene rings is 2. The lowest BCUT2D eigenvalue weighted by atomic mass is 10.0. The van der Waals surface area contributed by atoms with Crippen LogP contribution in [0.25, 0.3) is 0 Å². The van der Waals surface area contributed by atoms with Crippen LogP contribution in [-0.4, -0.2) is 30.0 Å². The summed E-state index contributed by atoms with van der Waals surface area (Å²) in [6.07, 6.45) is 0.977. The minimum Gasteiger partial charge on any atom is -0.325 e. The molecule has 0 atom stereocenters. The van der Waals surface area contributed by atoms with Crippen LogP contribution in [0.3, 0.4) is 0 Å². The average molecular weight is 496 g/mol. The van der Waals surface area contributed by atoms with Gasteiger partial charge in [0.05, 0.1) is 21.9 Å². The number of thioether (sulfide) groups is 1. The zero-order valence-corrected chi connectivity index (χ0v) is 19.4. The number of anilines is 1. The lowest BCUT2D eigenvalue weighted by molar-refractivity contribution is -0.113. The highest BCUT2D eigenvalue weighted by molar-refractivity contribution is 7.99. The fourth-order valence-corrected chi connectivity index (χ4v) is 4.74. The molecule has 0 radical (unpaired) electrons. The second kappa shape index (κ2) is 9.85. The molecule has 0 aliphatic carbocycles. The number of nitrogens with one attached hydrogen (secondary N) is 2. The molecule has 3 rings (SSSR count). The van der Waals surface area contributed by atoms with E-state index in [1.807, 2.05) is 13.8 Å². The van der Waals surface area contributed by atoms with Crippen molar-refractivity contribution in [2.24, 2.45) is 0 Å². The van der Waals surface area contributed by atoms with Crippen LogP contribution in [0.2, 0.25) is 5.02 Å². The first-order chi connectivity index (χ1) is 15.1. The van der Waals surface area contributed by atoms with Crippen LogP contribution >= 0.6 is 23.4 Å². The van der Waals surface area contributed by atoms with Crippen LogP contribution in [0, 0.1) is 5.82 Å². The molecule has 0 fully saturated rings. The number of sulfone groups is 1. The Morgan fingerprint density at radius 1 is 1.22 bits per heavy atom. The van der Waals surface area contributed by atoms with Crippen molar-refractivity contribution in [2.45, 2.75) is 34.7 Å². The van der Waals surface area contributed by atoms with Gasteiger partial charge in [0.2, 0.25) is 15.7 Å². The smallest absolute Gasteiger partial charge is 0.270 e. The van der Waals surface area contributed by atoms with E-state index in [-0.39, 0.29) is 26.7 Å². The van der Waals surface area contributed by atoms with Gasteiger partial charge < -0.3 is 10.3 Å². The van der Waals surface area contributed by atoms with Gasteiger partial charge in [-0.25, -0.2) is 17.8 Å². The van der Waals surface area contributed by atoms with Crippen LogP contribution < -0.4 is 10.9 Å². The Morgan fingerprint density at radius 3 is 2.50 bits per heavy atom. The molecule has 1 heterocycles. The van der Waals surface area contributed by atoms with Crippen molar-refractivity contribution in [3.63, 3.8) is 0 Å². The third-order valence-corrected chi connectivity index (χ3v) is 7.37. The predicted molar refractivity (Wildman–Crippen MR) is 122 cm³/mol. The number of amides is 1. The summed E-state index contributed by atoms with van der Waals surface area (Å²) in [7, 11) is -4.05. The number of aromatic amines is 1. The lowest BCUT2D eigenvalue weighted by Crippen LogP contribution is -2.20. The number of aromatic nitrogens is 2. The highest BCUT2D eigenvalue weighted by atomic mass is 35.5. The number of carbonyl (C=O) groups excluding carboxylic acids is 1. The summed E-state index contributed by atoms with van der Waals surface area (Å²) >= 11 is 6.58. The van der Waals surface area contributed by atoms with Gasteiger partial charge in [-0.05, 0) is 41.8 Å². The van der Waals surface area contributed by atoms with Gasteiger partial charge >= 0.3 is 0 Å². The Balaban J connectivity index is 1.69. The Kier molecular flexibility index (Phi) is 7.37. The van der Waals surface area contributed by atoms with Gasteiger partial charge in [-0.15, -0.1) is 0 Å². The number of halogens is 2. The standard InChI is InChI=1S/C21H19ClFN3O4S2/c1-12(2)13-3-6-15(7-4-13)32(29,30)18-10-24-21(26-20(18)28)31-11-19(27)25-14-5-8-17(23)16(22)9-14/h3-10,12H,11H2,1-2H3,(H,25,27)(H,24,26,28). The number of H-pyrrole nitrogens is 1. The summed E-state index contributed by atoms with van der Waals surface area (Å²) < 4.78 is 38.8. The van der Waals surface area contributed by atoms with E-state index in [4.69, 9.17) is 11.6 Å². The lowest BCUT2D eigenvalue weighted by Gasteiger charge is -2.08. The predicted octanol–water partition coefficient (Wildman–Crippen LogP) is 4.25. The zero-order valence-electron chi connectivity index (χ0n) is 17.1. The van der Waals surface area contributed by atoms with Gasteiger partial charge in [0.15, 0.2) is 10.1 Å². The van der Waals surface area contributed by atoms with E-state index in [0.29, 0.717) is 5.69 Å². The van der Waals surface area contributed by atoms with Crippen LogP contribution in [0.1, 0.15) is 25.3 Å². The summed E-state index contributed by atoms with van der Waals surface area (Å²) in [6, 6.07) is 10.1. The zero-order chi connectivity index (χ0) is 23.5. The molecule has 0 bridgehead atoms. The summed E-state index contributed by atoms with van der Waals surface area (Å²) in [5, 5.41) is 2.49. The molecule has 1 aromatic heterocycles. The maximum absolute atomic E-state index is 13.2. The molecule has 2 aromatic carbocycles. The largest absolute Gasteiger partial charge is 0.325 e. The Hall–Kier alpha value is -2.69. The van der Waals surface area contributed by atoms with Crippen LogP contribution in [0.5, 0.6) is 0 Å². The van der Waals surface area contributed by atoms with Gasteiger partial charge in [-0.1, -0.05) is 49.3 Å². The van der Waals surface area contributed by atoms with Crippen molar-refractivity contribution < 1.29 is 17.6 Å². The number of hydrogen-bond acceptors (Lipinski definition) is 6. The SMILES string of the molecule is CC(C)c1ccc(S(=O)(=O)c2cnc(SCC(=O)Nc3ccc(F)c(Cl)c3)[nH]c2=O)cc1. The first kappa shape index (κ1) is 24.0. The van der Waals surface area contributed by atoms with Crippen LogP contribution in [0.4, 0.5) is 10.1 Å². The fourth-order valence-electron chi connectivity index (χ4n) is 2.70. The summed E-state index contributed by atoms with van der Waals surface area (Å²) in [5.41, 5.74) is 0.457. The van der Waals surface area contributed by atoms with Gasteiger partial charge in [0.25, 0.3) is 5.56 Å². The van der Waals surface area contributed by atoms with E-state index in [0.717, 1.165) is 29.6 Å². The average Bonchev–Trinajstić information content (AvgIpc) is 2.75. The molecule has 32 heavy (non-hydrogen) atoms. The quantitative estimate of drug-likeness (QED) is 0.374. The first-order valence-corrected chi connectivity index (χ1v) is 12.2. The molecular weight excluding hydrogens is 477 g/mol. The Labute approximate surface area is 193 Å². The van der Waals surface area contributed by atoms with Crippen molar-refractivity contribution >= 4 is 44.8 Å². The molecule has 2 N–H and O–H groups in total. The molecular formula is C21H19ClFN3O4S2. The Bertz CT molecular complexity index is 1310. The molecule has 7 nitrogen and oxygen atoms in total. The maximum atomic E-state index is 13.2. The van der Waals surface area contributed by atoms with Crippen molar-refractivity contribution in [2.75, 3.05) is 11.1 Å². The molecule has 168 valence electrons. The third-order valence-electron chi connectivity index (χ3n) is 4.43. The van der Waals surface area contributed by atoms with E-state index >= 15 is 0 Å². The monoisotopic (exact) mass is 495 g/mol. The van der Waals surface area contributed by atoms with Gasteiger partial charge in [0, 0.05) is 5.69 Å². The normalized spacial score (nSPS) is 11.5. The molecule has 0 aliphatic rings. The Morgan fingerprint density at radius 2 is 1.91 bits per heavy atom. The molecule has 0 saturated heterocycles. The molecule has 0 saturated carbocycles. The number of rotatable bonds is 7. The van der Waals surface area contributed by atoms with Crippen LogP contribution in [0.15, 0.2) is 68.4 Å². The highest BCUT2D eigenvalue weighted by Crippen LogP contribution is 2.22. The van der Waals surface area contributed by atoms with Gasteiger partial charge in [-0.2, -0.15) is 0 Å². The van der Waals surface area contributed by atoms with Crippen molar-refractivity contribution in [3.05, 3.63) is 75.4 Å². The van der Waals surface area contributed by atoms with E-state index in [1.165, 1.54) is 24.3 Å². The molecule has 11 heteroatoms. The number of nitrogens with zero attached hydrogens (tertiary/aromatic N) is 1. The minimum absolute atomic E-state index is 0.00746. The third kappa shape index (κ3) is 5.56. The van der Waals surface area contributed by atoms with E-state index < -0.39 is 32.0 Å². The summed E-state index contributed by atoms with van der Waals surface area (Å²) in [6.45, 7) is 3.98. The van der Waals surface area contributed by atoms with E-state index in [1.54, 1.807) is 12.1 Å². The van der Waals surface area contributed by atoms with Crippen molar-refractivity contribution in [1.82, 2.24) is 9.97 Å². The fraction of sp³-hybridized carbons (Fsp3) is 0.190. The van der Waals surface area contributed by atoms with E-state index in [9.17, 15) is 22.4 Å². The molecule has 0 unspecified atom stereocenters. The second-order valence-corrected chi connectivity index (χ2v) is 10.4. The molecule has 0 spiro atoms. The topological polar surface area (TPSA) is 109 Å². The summed E-state index contributed by atoms with van der Waals surface area (Å²) in [5.74, 6) is -0.930. The van der Waals surface area contributed by atoms with Crippen molar-refractivity contribution in [1.29, 1.82) is 0 Å². The van der Waals surface area contributed by atoms with Crippen molar-refractivity contribution in [3.8, 4) is 0 Å². The summed E-state index contributed by atoms with van der Waals surface area (Å²) in [4.78, 5) is 30.3. The molecule has 0 aliphatic heterocycles. The van der Waals surface area contributed by atoms with E-state index in [2.05, 4.69) is 15.3 Å². The highest BCUT2D eigenvalue weighted by Gasteiger charge is 2.22. The first-order valence-electron chi connectivity index (χ1n) is 9.40. The molecule has 3 aromatic rings. The minimum atomic E-state index is -4.05. The number of carbonyl (C=O) groups is 1. The molecule has 1 amide bonds. The maximum Gasteiger partial charge on any atom is 0.270 e. The van der Waals surface area contributed by atoms with Crippen LogP contribution in [-0.2, 0) is 14.6 Å². The second-order valence-electron chi connectivity index (χ2n) is 7.07. The number of hydrogen-bond donors (Lipinski definition) is 2. The van der Waals surface area contributed by atoms with Gasteiger partial charge in [0.1, 0.15) is 5.82 Å². The van der Waals surface area contributed by atoms with Gasteiger partial charge in [-0.3, -0.25) is 9.59 Å².